The lowest BCUT2D eigenvalue weighted by atomic mass is 10.1. The zero-order valence-electron chi connectivity index (χ0n) is 12.1. The standard InChI is InChI=1S/C16H12FN2O3S/c1-2-22-10-4-5-11-14(8-10)23(21)19(20)16-12-7-9(17)3-6-13(12)18-15(11)16/h3-8,18H,2H2,1H3/q+1. The van der Waals surface area contributed by atoms with Crippen LogP contribution in [0.25, 0.3) is 22.2 Å². The number of nitrogens with zero attached hydrogens (tertiary/aromatic N) is 1. The van der Waals surface area contributed by atoms with Crippen molar-refractivity contribution >= 4 is 27.6 Å². The molecule has 1 atom stereocenters. The Hall–Kier alpha value is -2.54. The Morgan fingerprint density at radius 3 is 2.87 bits per heavy atom. The summed E-state index contributed by atoms with van der Waals surface area (Å²) < 4.78 is 31.9. The normalized spacial score (nSPS) is 16.3. The summed E-state index contributed by atoms with van der Waals surface area (Å²) in [6, 6.07) is 9.27. The van der Waals surface area contributed by atoms with E-state index in [0.717, 1.165) is 0 Å². The van der Waals surface area contributed by atoms with Gasteiger partial charge in [0.1, 0.15) is 26.3 Å². The van der Waals surface area contributed by atoms with Gasteiger partial charge in [-0.15, -0.1) is 0 Å². The summed E-state index contributed by atoms with van der Waals surface area (Å²) in [4.78, 5) is 16.0. The Kier molecular flexibility index (Phi) is 3.05. The third-order valence-corrected chi connectivity index (χ3v) is 4.99. The molecule has 0 bridgehead atoms. The van der Waals surface area contributed by atoms with Crippen LogP contribution in [0.15, 0.2) is 41.3 Å². The summed E-state index contributed by atoms with van der Waals surface area (Å²) in [5.74, 6) is 0.106. The van der Waals surface area contributed by atoms with E-state index in [1.54, 1.807) is 24.3 Å². The van der Waals surface area contributed by atoms with Gasteiger partial charge in [0.15, 0.2) is 0 Å². The summed E-state index contributed by atoms with van der Waals surface area (Å²) in [5.41, 5.74) is 2.02. The van der Waals surface area contributed by atoms with Gasteiger partial charge in [-0.2, -0.15) is 4.21 Å². The average Bonchev–Trinajstić information content (AvgIpc) is 2.91. The fourth-order valence-corrected chi connectivity index (χ4v) is 3.93. The van der Waals surface area contributed by atoms with Crippen LogP contribution < -0.4 is 4.74 Å². The number of H-pyrrole nitrogens is 1. The number of benzene rings is 2. The quantitative estimate of drug-likeness (QED) is 0.726. The van der Waals surface area contributed by atoms with Gasteiger partial charge < -0.3 is 9.72 Å². The molecule has 0 aliphatic carbocycles. The lowest BCUT2D eigenvalue weighted by Crippen LogP contribution is -2.13. The van der Waals surface area contributed by atoms with E-state index >= 15 is 0 Å². The maximum absolute atomic E-state index is 13.5. The number of rotatable bonds is 2. The molecule has 1 aliphatic heterocycles. The number of nitrogens with one attached hydrogen (secondary N) is 1. The van der Waals surface area contributed by atoms with Crippen molar-refractivity contribution in [1.82, 2.24) is 4.98 Å². The van der Waals surface area contributed by atoms with Crippen LogP contribution in [0.3, 0.4) is 0 Å². The third-order valence-electron chi connectivity index (χ3n) is 3.79. The molecule has 2 heterocycles. The second kappa shape index (κ2) is 4.99. The van der Waals surface area contributed by atoms with Crippen LogP contribution in [0.1, 0.15) is 6.92 Å². The van der Waals surface area contributed by atoms with Crippen molar-refractivity contribution in [3.05, 3.63) is 47.1 Å². The Morgan fingerprint density at radius 1 is 1.26 bits per heavy atom. The summed E-state index contributed by atoms with van der Waals surface area (Å²) in [6.45, 7) is 2.32. The number of hydrogen-bond acceptors (Lipinski definition) is 3. The number of aromatic nitrogens is 1. The fourth-order valence-electron chi connectivity index (χ4n) is 2.82. The van der Waals surface area contributed by atoms with E-state index < -0.39 is 16.8 Å². The molecule has 4 rings (SSSR count). The van der Waals surface area contributed by atoms with E-state index in [9.17, 15) is 13.5 Å². The second-order valence-electron chi connectivity index (χ2n) is 5.14. The average molecular weight is 331 g/mol. The molecule has 23 heavy (non-hydrogen) atoms. The molecule has 0 saturated carbocycles. The molecule has 1 N–H and O–H groups in total. The summed E-state index contributed by atoms with van der Waals surface area (Å²) in [6.07, 6.45) is 0. The fraction of sp³-hybridized carbons (Fsp3) is 0.125. The molecule has 1 unspecified atom stereocenters. The molecule has 3 aromatic rings. The predicted molar refractivity (Wildman–Crippen MR) is 84.6 cm³/mol. The number of hydrogen-bond donors (Lipinski definition) is 1. The van der Waals surface area contributed by atoms with E-state index in [0.29, 0.717) is 43.6 Å². The Morgan fingerprint density at radius 2 is 2.09 bits per heavy atom. The van der Waals surface area contributed by atoms with Gasteiger partial charge in [0.05, 0.1) is 17.5 Å². The van der Waals surface area contributed by atoms with Crippen LogP contribution >= 0.6 is 0 Å². The van der Waals surface area contributed by atoms with E-state index in [4.69, 9.17) is 4.74 Å². The first-order chi connectivity index (χ1) is 11.1. The summed E-state index contributed by atoms with van der Waals surface area (Å²) >= 11 is 0. The van der Waals surface area contributed by atoms with Crippen molar-refractivity contribution in [2.24, 2.45) is 0 Å². The maximum Gasteiger partial charge on any atom is 0.370 e. The first-order valence-corrected chi connectivity index (χ1v) is 8.18. The minimum Gasteiger partial charge on any atom is -0.494 e. The molecule has 0 amide bonds. The first-order valence-electron chi connectivity index (χ1n) is 7.07. The second-order valence-corrected chi connectivity index (χ2v) is 6.41. The smallest absolute Gasteiger partial charge is 0.370 e. The highest BCUT2D eigenvalue weighted by Crippen LogP contribution is 2.45. The summed E-state index contributed by atoms with van der Waals surface area (Å²) in [5, 5.41) is 0.419. The van der Waals surface area contributed by atoms with Crippen molar-refractivity contribution in [2.75, 3.05) is 6.61 Å². The van der Waals surface area contributed by atoms with Crippen LogP contribution in [-0.2, 0) is 11.0 Å². The first kappa shape index (κ1) is 14.1. The van der Waals surface area contributed by atoms with Crippen LogP contribution in [0.5, 0.6) is 5.75 Å². The molecule has 2 aromatic carbocycles. The molecule has 0 spiro atoms. The van der Waals surface area contributed by atoms with E-state index in [1.165, 1.54) is 12.1 Å². The minimum absolute atomic E-state index is 0.203. The van der Waals surface area contributed by atoms with Crippen molar-refractivity contribution < 1.29 is 17.5 Å². The van der Waals surface area contributed by atoms with Gasteiger partial charge in [-0.1, -0.05) is 0 Å². The maximum atomic E-state index is 13.5. The Balaban J connectivity index is 2.03. The van der Waals surface area contributed by atoms with Gasteiger partial charge in [0.25, 0.3) is 0 Å². The Bertz CT molecular complexity index is 996. The molecule has 0 fully saturated rings. The molecule has 1 aromatic heterocycles. The van der Waals surface area contributed by atoms with Crippen LogP contribution in [0.4, 0.5) is 10.1 Å². The SMILES string of the molecule is CCOc1ccc2c(c1)S(=O)[N+](=O)c1c-2[nH]c2ccc(F)cc12. The van der Waals surface area contributed by atoms with Crippen molar-refractivity contribution in [3.63, 3.8) is 0 Å². The van der Waals surface area contributed by atoms with Crippen LogP contribution in [0.2, 0.25) is 0 Å². The van der Waals surface area contributed by atoms with E-state index in [2.05, 4.69) is 4.98 Å². The van der Waals surface area contributed by atoms with Gasteiger partial charge in [0.2, 0.25) is 0 Å². The number of fused-ring (bicyclic) bond motifs is 5. The minimum atomic E-state index is -1.92. The largest absolute Gasteiger partial charge is 0.494 e. The molecule has 116 valence electrons. The molecule has 1 aliphatic rings. The number of nitroso groups, excluding NO2 is 1. The number of ether oxygens (including phenoxy) is 1. The number of halogens is 1. The van der Waals surface area contributed by atoms with Gasteiger partial charge in [-0.05, 0) is 37.3 Å². The molecule has 7 heteroatoms. The van der Waals surface area contributed by atoms with Gasteiger partial charge in [0, 0.05) is 16.5 Å². The van der Waals surface area contributed by atoms with Gasteiger partial charge in [-0.3, -0.25) is 0 Å². The monoisotopic (exact) mass is 331 g/mol. The molecular formula is C16H12FN2O3S+. The van der Waals surface area contributed by atoms with Crippen LogP contribution in [0, 0.1) is 10.7 Å². The lowest BCUT2D eigenvalue weighted by Gasteiger charge is -2.10. The lowest BCUT2D eigenvalue weighted by molar-refractivity contribution is -0.275. The van der Waals surface area contributed by atoms with Crippen LogP contribution in [-0.4, -0.2) is 20.0 Å². The van der Waals surface area contributed by atoms with Gasteiger partial charge in [-0.25, -0.2) is 4.39 Å². The predicted octanol–water partition coefficient (Wildman–Crippen LogP) is 3.82. The van der Waals surface area contributed by atoms with Crippen molar-refractivity contribution in [2.45, 2.75) is 11.8 Å². The zero-order chi connectivity index (χ0) is 16.1. The summed E-state index contributed by atoms with van der Waals surface area (Å²) in [7, 11) is -1.92. The van der Waals surface area contributed by atoms with E-state index in [1.807, 2.05) is 6.92 Å². The molecule has 0 saturated heterocycles. The molecule has 0 radical (unpaired) electrons. The highest BCUT2D eigenvalue weighted by molar-refractivity contribution is 7.79. The van der Waals surface area contributed by atoms with Crippen molar-refractivity contribution in [3.8, 4) is 17.0 Å². The van der Waals surface area contributed by atoms with Gasteiger partial charge >= 0.3 is 16.7 Å². The third kappa shape index (κ3) is 2.00. The topological polar surface area (TPSA) is 62.2 Å². The highest BCUT2D eigenvalue weighted by atomic mass is 32.2. The molecule has 5 nitrogen and oxygen atoms in total. The Labute approximate surface area is 133 Å². The molecular weight excluding hydrogens is 319 g/mol. The number of aromatic amines is 1. The highest BCUT2D eigenvalue weighted by Gasteiger charge is 2.41. The van der Waals surface area contributed by atoms with E-state index in [-0.39, 0.29) is 5.69 Å². The zero-order valence-corrected chi connectivity index (χ0v) is 12.9. The van der Waals surface area contributed by atoms with Crippen molar-refractivity contribution in [1.29, 1.82) is 0 Å².